The molecule has 0 spiro atoms. The summed E-state index contributed by atoms with van der Waals surface area (Å²) < 4.78 is 2.46. The highest BCUT2D eigenvalue weighted by Gasteiger charge is 2.18. The normalized spacial score (nSPS) is 16.9. The minimum Gasteiger partial charge on any atom is -0.284 e. The summed E-state index contributed by atoms with van der Waals surface area (Å²) in [5.41, 5.74) is 3.51. The van der Waals surface area contributed by atoms with Crippen LogP contribution in [0, 0.1) is 5.92 Å². The molecule has 1 aromatic carbocycles. The second-order valence-electron chi connectivity index (χ2n) is 5.95. The van der Waals surface area contributed by atoms with Crippen LogP contribution in [0.5, 0.6) is 0 Å². The van der Waals surface area contributed by atoms with Crippen LogP contribution in [0.2, 0.25) is 5.15 Å². The Morgan fingerprint density at radius 1 is 1.38 bits per heavy atom. The number of hydrogen-bond acceptors (Lipinski definition) is 4. The molecule has 1 aliphatic rings. The molecule has 1 heterocycles. The molecule has 1 amide bonds. The van der Waals surface area contributed by atoms with Gasteiger partial charge in [-0.3, -0.25) is 14.2 Å². The highest BCUT2D eigenvalue weighted by atomic mass is 79.9. The average molecular weight is 455 g/mol. The lowest BCUT2D eigenvalue weighted by molar-refractivity contribution is -0.125. The zero-order valence-electron chi connectivity index (χ0n) is 13.8. The third kappa shape index (κ3) is 4.72. The summed E-state index contributed by atoms with van der Waals surface area (Å²) in [6, 6.07) is 7.69. The number of carbonyl (C=O) groups excluding carboxylic acids is 1. The number of carbonyl (C=O) groups is 1. The molecule has 5 nitrogen and oxygen atoms in total. The number of thiazole rings is 1. The summed E-state index contributed by atoms with van der Waals surface area (Å²) in [4.78, 5) is 24.6. The Balaban J connectivity index is 1.67. The molecular weight excluding hydrogens is 438 g/mol. The van der Waals surface area contributed by atoms with Gasteiger partial charge in [0.25, 0.3) is 0 Å². The number of hydrazone groups is 1. The maximum absolute atomic E-state index is 12.2. The van der Waals surface area contributed by atoms with Crippen LogP contribution < -0.4 is 10.3 Å². The fraction of sp³-hybridized carbons (Fsp3) is 0.278. The van der Waals surface area contributed by atoms with Gasteiger partial charge in [0.05, 0.1) is 17.6 Å². The summed E-state index contributed by atoms with van der Waals surface area (Å²) in [5, 5.41) is 4.29. The molecule has 1 aromatic heterocycles. The summed E-state index contributed by atoms with van der Waals surface area (Å²) in [7, 11) is 0. The highest BCUT2D eigenvalue weighted by molar-refractivity contribution is 9.10. The van der Waals surface area contributed by atoms with Crippen molar-refractivity contribution in [3.05, 3.63) is 66.2 Å². The Morgan fingerprint density at radius 2 is 2.15 bits per heavy atom. The Labute approximate surface area is 168 Å². The summed E-state index contributed by atoms with van der Waals surface area (Å²) in [5.74, 6) is -0.156. The van der Waals surface area contributed by atoms with Crippen LogP contribution in [0.1, 0.15) is 29.7 Å². The Hall–Kier alpha value is -1.70. The van der Waals surface area contributed by atoms with E-state index in [-0.39, 0.29) is 16.7 Å². The molecule has 1 N–H and O–H groups in total. The van der Waals surface area contributed by atoms with Gasteiger partial charge in [-0.25, -0.2) is 5.43 Å². The molecular formula is C18H17BrClN3O2S. The van der Waals surface area contributed by atoms with Gasteiger partial charge in [0.1, 0.15) is 5.15 Å². The molecule has 0 aliphatic heterocycles. The van der Waals surface area contributed by atoms with Crippen LogP contribution in [0.3, 0.4) is 0 Å². The fourth-order valence-electron chi connectivity index (χ4n) is 2.67. The Bertz CT molecular complexity index is 902. The fourth-order valence-corrected chi connectivity index (χ4v) is 4.04. The average Bonchev–Trinajstić information content (AvgIpc) is 2.92. The van der Waals surface area contributed by atoms with E-state index < -0.39 is 0 Å². The van der Waals surface area contributed by atoms with Crippen molar-refractivity contribution in [2.75, 3.05) is 0 Å². The number of nitrogens with zero attached hydrogens (tertiary/aromatic N) is 2. The Kier molecular flexibility index (Phi) is 6.45. The number of halogens is 2. The first-order valence-corrected chi connectivity index (χ1v) is 10.1. The van der Waals surface area contributed by atoms with E-state index >= 15 is 0 Å². The van der Waals surface area contributed by atoms with Gasteiger partial charge in [0.15, 0.2) is 0 Å². The van der Waals surface area contributed by atoms with Gasteiger partial charge in [0.2, 0.25) is 5.91 Å². The van der Waals surface area contributed by atoms with E-state index in [0.29, 0.717) is 16.6 Å². The maximum Gasteiger partial charge on any atom is 0.309 e. The third-order valence-electron chi connectivity index (χ3n) is 4.11. The smallest absolute Gasteiger partial charge is 0.284 e. The van der Waals surface area contributed by atoms with Crippen molar-refractivity contribution in [1.29, 1.82) is 0 Å². The first-order chi connectivity index (χ1) is 12.5. The topological polar surface area (TPSA) is 63.5 Å². The van der Waals surface area contributed by atoms with Gasteiger partial charge in [-0.1, -0.05) is 63.2 Å². The number of amides is 1. The van der Waals surface area contributed by atoms with Crippen molar-refractivity contribution in [2.24, 2.45) is 11.0 Å². The largest absolute Gasteiger partial charge is 0.309 e. The summed E-state index contributed by atoms with van der Waals surface area (Å²) >= 11 is 10.7. The molecule has 8 heteroatoms. The molecule has 0 saturated heterocycles. The quantitative estimate of drug-likeness (QED) is 0.418. The van der Waals surface area contributed by atoms with E-state index in [1.807, 2.05) is 30.3 Å². The molecule has 136 valence electrons. The van der Waals surface area contributed by atoms with E-state index in [1.54, 1.807) is 0 Å². The third-order valence-corrected chi connectivity index (χ3v) is 6.07. The van der Waals surface area contributed by atoms with Crippen LogP contribution in [0.4, 0.5) is 0 Å². The lowest BCUT2D eigenvalue weighted by atomic mass is 9.94. The first-order valence-electron chi connectivity index (χ1n) is 8.16. The minimum absolute atomic E-state index is 0.0478. The SMILES string of the molecule is O=C(N/N=C\c1sc(=O)n(Cc2ccc(Br)cc2)c1Cl)[C@H]1CC=CCC1. The summed E-state index contributed by atoms with van der Waals surface area (Å²) in [6.45, 7) is 0.385. The van der Waals surface area contributed by atoms with E-state index in [0.717, 1.165) is 40.6 Å². The zero-order chi connectivity index (χ0) is 18.5. The number of rotatable bonds is 5. The van der Waals surface area contributed by atoms with Crippen LogP contribution in [-0.2, 0) is 11.3 Å². The molecule has 1 aliphatic carbocycles. The van der Waals surface area contributed by atoms with Gasteiger partial charge in [0, 0.05) is 10.4 Å². The molecule has 2 aromatic rings. The van der Waals surface area contributed by atoms with Crippen LogP contribution in [-0.4, -0.2) is 16.7 Å². The lowest BCUT2D eigenvalue weighted by Crippen LogP contribution is -2.27. The van der Waals surface area contributed by atoms with E-state index in [2.05, 4.69) is 32.5 Å². The van der Waals surface area contributed by atoms with Gasteiger partial charge in [-0.15, -0.1) is 0 Å². The standard InChI is InChI=1S/C18H17BrClN3O2S/c19-14-8-6-12(7-9-14)11-23-16(20)15(26-18(23)25)10-21-22-17(24)13-4-2-1-3-5-13/h1-2,6-10,13H,3-5,11H2,(H,22,24)/b21-10-/t13-/m0/s1. The van der Waals surface area contributed by atoms with Crippen molar-refractivity contribution in [2.45, 2.75) is 25.8 Å². The first kappa shape index (κ1) is 19.1. The van der Waals surface area contributed by atoms with Crippen LogP contribution in [0.15, 0.2) is 50.8 Å². The van der Waals surface area contributed by atoms with Gasteiger partial charge < -0.3 is 0 Å². The molecule has 0 bridgehead atoms. The van der Waals surface area contributed by atoms with Crippen LogP contribution in [0.25, 0.3) is 0 Å². The van der Waals surface area contributed by atoms with Crippen molar-refractivity contribution >= 4 is 51.0 Å². The van der Waals surface area contributed by atoms with E-state index in [9.17, 15) is 9.59 Å². The van der Waals surface area contributed by atoms with E-state index in [1.165, 1.54) is 10.8 Å². The predicted octanol–water partition coefficient (Wildman–Crippen LogP) is 4.18. The number of nitrogens with one attached hydrogen (secondary N) is 1. The molecule has 3 rings (SSSR count). The zero-order valence-corrected chi connectivity index (χ0v) is 17.0. The van der Waals surface area contributed by atoms with Crippen molar-refractivity contribution in [3.8, 4) is 0 Å². The molecule has 1 atom stereocenters. The summed E-state index contributed by atoms with van der Waals surface area (Å²) in [6.07, 6.45) is 8.01. The molecule has 0 unspecified atom stereocenters. The highest BCUT2D eigenvalue weighted by Crippen LogP contribution is 2.20. The van der Waals surface area contributed by atoms with Gasteiger partial charge in [-0.05, 0) is 37.0 Å². The number of benzene rings is 1. The maximum atomic E-state index is 12.2. The number of aromatic nitrogens is 1. The Morgan fingerprint density at radius 3 is 2.85 bits per heavy atom. The van der Waals surface area contributed by atoms with Crippen molar-refractivity contribution in [3.63, 3.8) is 0 Å². The van der Waals surface area contributed by atoms with Crippen molar-refractivity contribution < 1.29 is 4.79 Å². The van der Waals surface area contributed by atoms with Crippen LogP contribution >= 0.6 is 38.9 Å². The lowest BCUT2D eigenvalue weighted by Gasteiger charge is -2.14. The second kappa shape index (κ2) is 8.79. The molecule has 0 fully saturated rings. The monoisotopic (exact) mass is 453 g/mol. The van der Waals surface area contributed by atoms with Gasteiger partial charge >= 0.3 is 4.87 Å². The molecule has 26 heavy (non-hydrogen) atoms. The minimum atomic E-state index is -0.164. The molecule has 0 saturated carbocycles. The van der Waals surface area contributed by atoms with E-state index in [4.69, 9.17) is 11.6 Å². The number of hydrogen-bond donors (Lipinski definition) is 1. The molecule has 0 radical (unpaired) electrons. The second-order valence-corrected chi connectivity index (χ2v) is 8.22. The predicted molar refractivity (Wildman–Crippen MR) is 109 cm³/mol. The number of allylic oxidation sites excluding steroid dienone is 2. The van der Waals surface area contributed by atoms with Gasteiger partial charge in [-0.2, -0.15) is 5.10 Å². The van der Waals surface area contributed by atoms with Crippen molar-refractivity contribution in [1.82, 2.24) is 9.99 Å².